The Kier molecular flexibility index (Phi) is 9.81. The van der Waals surface area contributed by atoms with Gasteiger partial charge < -0.3 is 29.7 Å². The van der Waals surface area contributed by atoms with Gasteiger partial charge in [0, 0.05) is 44.2 Å². The molecule has 3 aromatic rings. The summed E-state index contributed by atoms with van der Waals surface area (Å²) < 4.78 is 10.9. The van der Waals surface area contributed by atoms with Crippen LogP contribution in [0.5, 0.6) is 11.6 Å². The molecular weight excluding hydrogens is 530 g/mol. The van der Waals surface area contributed by atoms with Gasteiger partial charge in [-0.1, -0.05) is 48.5 Å². The fourth-order valence-electron chi connectivity index (χ4n) is 4.22. The van der Waals surface area contributed by atoms with E-state index in [2.05, 4.69) is 15.3 Å². The van der Waals surface area contributed by atoms with Gasteiger partial charge in [0.05, 0.1) is 6.61 Å². The summed E-state index contributed by atoms with van der Waals surface area (Å²) in [4.78, 5) is 62.1. The molecule has 12 heteroatoms. The number of carbonyl (C=O) groups excluding carboxylic acids is 3. The molecule has 2 heterocycles. The number of piperazine rings is 1. The average Bonchev–Trinajstić information content (AvgIpc) is 2.99. The molecule has 0 saturated carbocycles. The first-order chi connectivity index (χ1) is 19.8. The van der Waals surface area contributed by atoms with Crippen LogP contribution in [-0.4, -0.2) is 87.6 Å². The first-order valence-electron chi connectivity index (χ1n) is 13.2. The van der Waals surface area contributed by atoms with Gasteiger partial charge in [0.1, 0.15) is 17.5 Å². The second-order valence-corrected chi connectivity index (χ2v) is 9.17. The highest BCUT2D eigenvalue weighted by molar-refractivity contribution is 5.96. The van der Waals surface area contributed by atoms with Crippen molar-refractivity contribution < 1.29 is 33.8 Å². The Bertz CT molecular complexity index is 1360. The van der Waals surface area contributed by atoms with Crippen LogP contribution in [0.1, 0.15) is 30.3 Å². The molecule has 41 heavy (non-hydrogen) atoms. The normalized spacial score (nSPS) is 13.7. The molecule has 1 atom stereocenters. The zero-order chi connectivity index (χ0) is 29.2. The third-order valence-corrected chi connectivity index (χ3v) is 6.30. The molecule has 0 unspecified atom stereocenters. The van der Waals surface area contributed by atoms with Gasteiger partial charge in [0.2, 0.25) is 11.8 Å². The van der Waals surface area contributed by atoms with E-state index in [0.29, 0.717) is 11.3 Å². The third kappa shape index (κ3) is 8.01. The largest absolute Gasteiger partial charge is 0.481 e. The van der Waals surface area contributed by atoms with Crippen LogP contribution >= 0.6 is 0 Å². The van der Waals surface area contributed by atoms with Crippen molar-refractivity contribution in [2.24, 2.45) is 0 Å². The molecule has 0 spiro atoms. The van der Waals surface area contributed by atoms with E-state index >= 15 is 0 Å². The van der Waals surface area contributed by atoms with Crippen molar-refractivity contribution in [2.45, 2.75) is 25.8 Å². The topological polar surface area (TPSA) is 151 Å². The van der Waals surface area contributed by atoms with E-state index in [4.69, 9.17) is 9.47 Å². The van der Waals surface area contributed by atoms with E-state index in [-0.39, 0.29) is 63.0 Å². The monoisotopic (exact) mass is 561 g/mol. The highest BCUT2D eigenvalue weighted by Gasteiger charge is 2.31. The van der Waals surface area contributed by atoms with Gasteiger partial charge in [-0.25, -0.2) is 9.78 Å². The third-order valence-electron chi connectivity index (χ3n) is 6.30. The van der Waals surface area contributed by atoms with E-state index < -0.39 is 29.9 Å². The minimum Gasteiger partial charge on any atom is -0.481 e. The number of rotatable bonds is 10. The van der Waals surface area contributed by atoms with Crippen LogP contribution in [0.3, 0.4) is 0 Å². The number of nitrogens with one attached hydrogen (secondary N) is 1. The quantitative estimate of drug-likeness (QED) is 0.380. The van der Waals surface area contributed by atoms with Crippen molar-refractivity contribution in [1.82, 2.24) is 25.1 Å². The Labute approximate surface area is 236 Å². The fourth-order valence-corrected chi connectivity index (χ4v) is 4.22. The molecule has 3 amide bonds. The molecule has 0 aliphatic carbocycles. The van der Waals surface area contributed by atoms with Gasteiger partial charge >= 0.3 is 12.1 Å². The lowest BCUT2D eigenvalue weighted by atomic mass is 10.1. The Morgan fingerprint density at radius 1 is 0.927 bits per heavy atom. The molecule has 12 nitrogen and oxygen atoms in total. The molecule has 2 N–H and O–H groups in total. The second-order valence-electron chi connectivity index (χ2n) is 9.17. The number of carbonyl (C=O) groups is 4. The summed E-state index contributed by atoms with van der Waals surface area (Å²) >= 11 is 0. The number of para-hydroxylation sites is 1. The maximum absolute atomic E-state index is 13.4. The predicted molar refractivity (Wildman–Crippen MR) is 147 cm³/mol. The molecule has 1 saturated heterocycles. The van der Waals surface area contributed by atoms with Gasteiger partial charge in [0.15, 0.2) is 5.82 Å². The second kappa shape index (κ2) is 13.9. The Morgan fingerprint density at radius 2 is 1.56 bits per heavy atom. The number of ether oxygens (including phenoxy) is 2. The molecule has 1 aliphatic heterocycles. The van der Waals surface area contributed by atoms with E-state index in [1.165, 1.54) is 15.9 Å². The Morgan fingerprint density at radius 3 is 2.20 bits per heavy atom. The predicted octanol–water partition coefficient (Wildman–Crippen LogP) is 3.20. The van der Waals surface area contributed by atoms with Crippen LogP contribution in [-0.2, 0) is 14.3 Å². The standard InChI is InChI=1S/C29H31N5O7/c1-2-40-29(39)34-17-15-33(16-18-34)28(38)22(13-14-25(35)36)31-27(37)23-19-24(41-21-11-7-4-8-12-21)32-26(30-23)20-9-5-3-6-10-20/h3-12,19,22H,2,13-18H2,1H3,(H,31,37)(H,35,36)/t22-/m0/s1. The van der Waals surface area contributed by atoms with Crippen LogP contribution in [0.25, 0.3) is 11.4 Å². The maximum atomic E-state index is 13.4. The number of nitrogens with zero attached hydrogens (tertiary/aromatic N) is 4. The molecular formula is C29H31N5O7. The van der Waals surface area contributed by atoms with E-state index in [9.17, 15) is 24.3 Å². The molecule has 2 aromatic carbocycles. The summed E-state index contributed by atoms with van der Waals surface area (Å²) in [5.41, 5.74) is 0.600. The van der Waals surface area contributed by atoms with Crippen LogP contribution in [0.4, 0.5) is 4.79 Å². The first-order valence-corrected chi connectivity index (χ1v) is 13.2. The van der Waals surface area contributed by atoms with Crippen LogP contribution in [0.2, 0.25) is 0 Å². The number of hydrogen-bond donors (Lipinski definition) is 2. The molecule has 214 valence electrons. The van der Waals surface area contributed by atoms with Gasteiger partial charge in [0.25, 0.3) is 5.91 Å². The summed E-state index contributed by atoms with van der Waals surface area (Å²) in [5.74, 6) is -1.35. The van der Waals surface area contributed by atoms with Crippen LogP contribution in [0.15, 0.2) is 66.7 Å². The van der Waals surface area contributed by atoms with Crippen molar-refractivity contribution in [1.29, 1.82) is 0 Å². The van der Waals surface area contributed by atoms with E-state index in [1.807, 2.05) is 24.3 Å². The highest BCUT2D eigenvalue weighted by atomic mass is 16.6. The number of carboxylic acids is 1. The number of hydrogen-bond acceptors (Lipinski definition) is 8. The molecule has 4 rings (SSSR count). The Balaban J connectivity index is 1.55. The summed E-state index contributed by atoms with van der Waals surface area (Å²) in [6.07, 6.45) is -0.912. The van der Waals surface area contributed by atoms with Gasteiger partial charge in [-0.15, -0.1) is 0 Å². The lowest BCUT2D eigenvalue weighted by Gasteiger charge is -2.35. The van der Waals surface area contributed by atoms with E-state index in [0.717, 1.165) is 0 Å². The smallest absolute Gasteiger partial charge is 0.409 e. The SMILES string of the molecule is CCOC(=O)N1CCN(C(=O)[C@H](CCC(=O)O)NC(=O)c2cc(Oc3ccccc3)nc(-c3ccccc3)n2)CC1. The lowest BCUT2D eigenvalue weighted by Crippen LogP contribution is -2.56. The first kappa shape index (κ1) is 29.0. The highest BCUT2D eigenvalue weighted by Crippen LogP contribution is 2.24. The molecule has 1 aliphatic rings. The van der Waals surface area contributed by atoms with Crippen molar-refractivity contribution in [3.05, 3.63) is 72.4 Å². The number of carboxylic acid groups (broad SMARTS) is 1. The maximum Gasteiger partial charge on any atom is 0.409 e. The van der Waals surface area contributed by atoms with Crippen molar-refractivity contribution in [3.8, 4) is 23.0 Å². The molecule has 0 radical (unpaired) electrons. The molecule has 1 fully saturated rings. The van der Waals surface area contributed by atoms with Crippen molar-refractivity contribution in [2.75, 3.05) is 32.8 Å². The number of benzene rings is 2. The van der Waals surface area contributed by atoms with Gasteiger partial charge in [-0.2, -0.15) is 4.98 Å². The lowest BCUT2D eigenvalue weighted by molar-refractivity contribution is -0.138. The zero-order valence-corrected chi connectivity index (χ0v) is 22.6. The summed E-state index contributed by atoms with van der Waals surface area (Å²) in [5, 5.41) is 11.9. The minimum absolute atomic E-state index is 0.0509. The van der Waals surface area contributed by atoms with Crippen molar-refractivity contribution in [3.63, 3.8) is 0 Å². The summed E-state index contributed by atoms with van der Waals surface area (Å²) in [7, 11) is 0. The Hall–Kier alpha value is -5.00. The van der Waals surface area contributed by atoms with Crippen LogP contribution in [0, 0.1) is 0 Å². The number of amides is 3. The zero-order valence-electron chi connectivity index (χ0n) is 22.6. The van der Waals surface area contributed by atoms with Gasteiger partial charge in [-0.05, 0) is 25.5 Å². The number of aliphatic carboxylic acids is 1. The van der Waals surface area contributed by atoms with E-state index in [1.54, 1.807) is 43.3 Å². The van der Waals surface area contributed by atoms with Gasteiger partial charge in [-0.3, -0.25) is 14.4 Å². The van der Waals surface area contributed by atoms with Crippen LogP contribution < -0.4 is 10.1 Å². The molecule has 1 aromatic heterocycles. The number of aromatic nitrogens is 2. The summed E-state index contributed by atoms with van der Waals surface area (Å²) in [6, 6.07) is 18.2. The fraction of sp³-hybridized carbons (Fsp3) is 0.310. The average molecular weight is 562 g/mol. The van der Waals surface area contributed by atoms with Crippen molar-refractivity contribution >= 4 is 23.9 Å². The molecule has 0 bridgehead atoms. The minimum atomic E-state index is -1.12. The summed E-state index contributed by atoms with van der Waals surface area (Å²) in [6.45, 7) is 2.92.